The highest BCUT2D eigenvalue weighted by Gasteiger charge is 2.35. The predicted octanol–water partition coefficient (Wildman–Crippen LogP) is 3.31. The van der Waals surface area contributed by atoms with Crippen LogP contribution in [0.4, 0.5) is 0 Å². The highest BCUT2D eigenvalue weighted by atomic mass is 16.5. The maximum atomic E-state index is 11.2. The lowest BCUT2D eigenvalue weighted by atomic mass is 9.67. The zero-order chi connectivity index (χ0) is 15.9. The molecule has 0 aromatic heterocycles. The van der Waals surface area contributed by atoms with E-state index in [-0.39, 0.29) is 25.3 Å². The summed E-state index contributed by atoms with van der Waals surface area (Å²) in [5.41, 5.74) is 0.335. The second kappa shape index (κ2) is 8.74. The van der Waals surface area contributed by atoms with Gasteiger partial charge in [0.15, 0.2) is 0 Å². The summed E-state index contributed by atoms with van der Waals surface area (Å²) < 4.78 is 10.8. The van der Waals surface area contributed by atoms with Crippen molar-refractivity contribution in [1.29, 1.82) is 0 Å². The number of aliphatic hydroxyl groups excluding tert-OH is 1. The van der Waals surface area contributed by atoms with Crippen LogP contribution in [0.2, 0.25) is 0 Å². The number of ether oxygens (including phenoxy) is 2. The molecule has 4 nitrogen and oxygen atoms in total. The summed E-state index contributed by atoms with van der Waals surface area (Å²) in [6.07, 6.45) is 5.20. The maximum Gasteiger partial charge on any atom is 0.305 e. The number of esters is 1. The Hall–Kier alpha value is -0.610. The number of rotatable bonds is 8. The molecule has 0 bridgehead atoms. The highest BCUT2D eigenvalue weighted by Crippen LogP contribution is 2.42. The minimum Gasteiger partial charge on any atom is -0.463 e. The van der Waals surface area contributed by atoms with E-state index in [1.807, 2.05) is 6.92 Å². The smallest absolute Gasteiger partial charge is 0.305 e. The van der Waals surface area contributed by atoms with Crippen molar-refractivity contribution in [2.75, 3.05) is 13.2 Å². The van der Waals surface area contributed by atoms with Gasteiger partial charge in [0.1, 0.15) is 12.7 Å². The van der Waals surface area contributed by atoms with Gasteiger partial charge in [0.2, 0.25) is 0 Å². The van der Waals surface area contributed by atoms with Crippen molar-refractivity contribution >= 4 is 5.97 Å². The molecule has 1 fully saturated rings. The second-order valence-electron chi connectivity index (χ2n) is 6.95. The third-order valence-corrected chi connectivity index (χ3v) is 4.78. The molecule has 124 valence electrons. The molecule has 21 heavy (non-hydrogen) atoms. The molecule has 0 saturated heterocycles. The molecular weight excluding hydrogens is 268 g/mol. The minimum atomic E-state index is -0.724. The Kier molecular flexibility index (Phi) is 7.67. The Labute approximate surface area is 129 Å². The fraction of sp³-hybridized carbons (Fsp3) is 0.941. The summed E-state index contributed by atoms with van der Waals surface area (Å²) in [5, 5.41) is 9.83. The van der Waals surface area contributed by atoms with Crippen LogP contribution in [-0.4, -0.2) is 36.5 Å². The quantitative estimate of drug-likeness (QED) is 0.699. The summed E-state index contributed by atoms with van der Waals surface area (Å²) in [4.78, 5) is 11.2. The average molecular weight is 300 g/mol. The summed E-state index contributed by atoms with van der Waals surface area (Å²) in [6.45, 7) is 9.08. The van der Waals surface area contributed by atoms with Crippen LogP contribution in [0.15, 0.2) is 0 Å². The topological polar surface area (TPSA) is 55.8 Å². The lowest BCUT2D eigenvalue weighted by Gasteiger charge is -2.41. The van der Waals surface area contributed by atoms with Crippen LogP contribution in [0.5, 0.6) is 0 Å². The van der Waals surface area contributed by atoms with Gasteiger partial charge in [0, 0.05) is 6.42 Å². The minimum absolute atomic E-state index is 0.0347. The molecule has 0 amide bonds. The Morgan fingerprint density at radius 1 is 1.38 bits per heavy atom. The van der Waals surface area contributed by atoms with Crippen LogP contribution < -0.4 is 0 Å². The summed E-state index contributed by atoms with van der Waals surface area (Å²) in [7, 11) is 0. The molecule has 3 unspecified atom stereocenters. The van der Waals surface area contributed by atoms with Crippen molar-refractivity contribution in [3.63, 3.8) is 0 Å². The molecule has 0 radical (unpaired) electrons. The molecule has 1 aliphatic carbocycles. The van der Waals surface area contributed by atoms with Gasteiger partial charge in [-0.3, -0.25) is 4.79 Å². The molecule has 0 aromatic carbocycles. The van der Waals surface area contributed by atoms with Crippen molar-refractivity contribution in [2.24, 2.45) is 11.3 Å². The third-order valence-electron chi connectivity index (χ3n) is 4.78. The van der Waals surface area contributed by atoms with Gasteiger partial charge in [0.25, 0.3) is 0 Å². The highest BCUT2D eigenvalue weighted by molar-refractivity contribution is 5.69. The molecule has 1 saturated carbocycles. The zero-order valence-corrected chi connectivity index (χ0v) is 14.1. The Morgan fingerprint density at radius 2 is 2.10 bits per heavy atom. The summed E-state index contributed by atoms with van der Waals surface area (Å²) >= 11 is 0. The van der Waals surface area contributed by atoms with E-state index in [9.17, 15) is 9.90 Å². The molecule has 0 aromatic rings. The second-order valence-corrected chi connectivity index (χ2v) is 6.95. The van der Waals surface area contributed by atoms with Gasteiger partial charge < -0.3 is 14.6 Å². The van der Waals surface area contributed by atoms with Crippen molar-refractivity contribution in [2.45, 2.75) is 78.4 Å². The average Bonchev–Trinajstić information content (AvgIpc) is 2.43. The number of aliphatic hydroxyl groups is 1. The van der Waals surface area contributed by atoms with E-state index in [0.717, 1.165) is 19.3 Å². The van der Waals surface area contributed by atoms with Gasteiger partial charge in [-0.2, -0.15) is 0 Å². The molecular formula is C17H32O4. The first-order chi connectivity index (χ1) is 9.87. The summed E-state index contributed by atoms with van der Waals surface area (Å²) in [6, 6.07) is 0. The van der Waals surface area contributed by atoms with E-state index in [1.54, 1.807) is 0 Å². The van der Waals surface area contributed by atoms with E-state index in [0.29, 0.717) is 17.8 Å². The fourth-order valence-electron chi connectivity index (χ4n) is 2.89. The lowest BCUT2D eigenvalue weighted by Crippen LogP contribution is -2.36. The molecule has 3 atom stereocenters. The number of carbonyl (C=O) groups excluding carboxylic acids is 1. The Bertz CT molecular complexity index is 316. The number of hydrogen-bond acceptors (Lipinski definition) is 4. The van der Waals surface area contributed by atoms with E-state index in [4.69, 9.17) is 9.47 Å². The van der Waals surface area contributed by atoms with E-state index < -0.39 is 6.10 Å². The van der Waals surface area contributed by atoms with Crippen molar-refractivity contribution in [3.05, 3.63) is 0 Å². The van der Waals surface area contributed by atoms with Gasteiger partial charge >= 0.3 is 5.97 Å². The van der Waals surface area contributed by atoms with E-state index in [2.05, 4.69) is 20.8 Å². The molecule has 4 heteroatoms. The number of hydrogen-bond donors (Lipinski definition) is 1. The predicted molar refractivity (Wildman–Crippen MR) is 83.0 cm³/mol. The van der Waals surface area contributed by atoms with Crippen molar-refractivity contribution in [3.8, 4) is 0 Å². The lowest BCUT2D eigenvalue weighted by molar-refractivity contribution is -0.148. The first kappa shape index (κ1) is 18.4. The van der Waals surface area contributed by atoms with Crippen LogP contribution in [-0.2, 0) is 14.3 Å². The Balaban J connectivity index is 2.26. The standard InChI is InChI=1S/C17H32O4/c1-5-7-16(19)21-12-14(18)11-20-15-8-6-9-17(4,10-15)13(2)3/h13-15,18H,5-12H2,1-4H3. The maximum absolute atomic E-state index is 11.2. The van der Waals surface area contributed by atoms with Gasteiger partial charge in [-0.1, -0.05) is 34.1 Å². The first-order valence-electron chi connectivity index (χ1n) is 8.32. The van der Waals surface area contributed by atoms with E-state index >= 15 is 0 Å². The molecule has 1 rings (SSSR count). The SMILES string of the molecule is CCCC(=O)OCC(O)COC1CCCC(C)(C(C)C)C1. The molecule has 0 heterocycles. The van der Waals surface area contributed by atoms with Crippen LogP contribution in [0, 0.1) is 11.3 Å². The van der Waals surface area contributed by atoms with Crippen LogP contribution >= 0.6 is 0 Å². The normalized spacial score (nSPS) is 27.6. The summed E-state index contributed by atoms with van der Waals surface area (Å²) in [5.74, 6) is 0.394. The van der Waals surface area contributed by atoms with Gasteiger partial charge in [-0.25, -0.2) is 0 Å². The molecule has 1 aliphatic rings. The van der Waals surface area contributed by atoms with Crippen molar-refractivity contribution in [1.82, 2.24) is 0 Å². The first-order valence-corrected chi connectivity index (χ1v) is 8.32. The monoisotopic (exact) mass is 300 g/mol. The van der Waals surface area contributed by atoms with Crippen LogP contribution in [0.25, 0.3) is 0 Å². The van der Waals surface area contributed by atoms with Gasteiger partial charge in [0.05, 0.1) is 12.7 Å². The molecule has 0 aliphatic heterocycles. The zero-order valence-electron chi connectivity index (χ0n) is 14.1. The molecule has 0 spiro atoms. The fourth-order valence-corrected chi connectivity index (χ4v) is 2.89. The van der Waals surface area contributed by atoms with Gasteiger partial charge in [-0.05, 0) is 37.0 Å². The largest absolute Gasteiger partial charge is 0.463 e. The number of carbonyl (C=O) groups is 1. The van der Waals surface area contributed by atoms with E-state index in [1.165, 1.54) is 12.8 Å². The molecule has 1 N–H and O–H groups in total. The van der Waals surface area contributed by atoms with Gasteiger partial charge in [-0.15, -0.1) is 0 Å². The Morgan fingerprint density at radius 3 is 2.71 bits per heavy atom. The van der Waals surface area contributed by atoms with Crippen LogP contribution in [0.3, 0.4) is 0 Å². The van der Waals surface area contributed by atoms with Crippen LogP contribution in [0.1, 0.15) is 66.2 Å². The van der Waals surface area contributed by atoms with Crippen molar-refractivity contribution < 1.29 is 19.4 Å². The third kappa shape index (κ3) is 6.35.